The summed E-state index contributed by atoms with van der Waals surface area (Å²) in [5.41, 5.74) is -0.344. The van der Waals surface area contributed by atoms with Crippen LogP contribution in [0.15, 0.2) is 48.5 Å². The first-order chi connectivity index (χ1) is 15.0. The quantitative estimate of drug-likeness (QED) is 0.745. The fourth-order valence-corrected chi connectivity index (χ4v) is 5.83. The zero-order valence-corrected chi connectivity index (χ0v) is 18.0. The van der Waals surface area contributed by atoms with Crippen molar-refractivity contribution >= 4 is 15.7 Å². The number of nitrogens with zero attached hydrogens (tertiary/aromatic N) is 2. The first-order valence-electron chi connectivity index (χ1n) is 10.2. The van der Waals surface area contributed by atoms with Crippen molar-refractivity contribution in [3.8, 4) is 0 Å². The summed E-state index contributed by atoms with van der Waals surface area (Å²) in [6, 6.07) is 11.5. The van der Waals surface area contributed by atoms with Crippen molar-refractivity contribution < 1.29 is 31.5 Å². The Kier molecular flexibility index (Phi) is 5.81. The number of carbonyl (C=O) groups excluding carboxylic acids is 1. The van der Waals surface area contributed by atoms with Crippen LogP contribution in [0.25, 0.3) is 0 Å². The smallest absolute Gasteiger partial charge is 0.383 e. The Morgan fingerprint density at radius 1 is 0.938 bits per heavy atom. The minimum absolute atomic E-state index is 0.154. The van der Waals surface area contributed by atoms with E-state index in [-0.39, 0.29) is 17.4 Å². The minimum Gasteiger partial charge on any atom is -0.383 e. The molecule has 32 heavy (non-hydrogen) atoms. The standard InChI is InChI=1S/C22H23F3N2O4S/c23-22(24,25)19-5-1-16(2-6-19)13-26-9-11-27(12-10-26)20(28)17-3-7-18(8-4-17)21(29)14-32(30,31)15-21/h1-8,29H,9-15H2. The summed E-state index contributed by atoms with van der Waals surface area (Å²) in [5.74, 6) is -0.776. The Morgan fingerprint density at radius 2 is 1.50 bits per heavy atom. The van der Waals surface area contributed by atoms with Gasteiger partial charge in [0, 0.05) is 38.3 Å². The van der Waals surface area contributed by atoms with Gasteiger partial charge >= 0.3 is 6.18 Å². The molecule has 0 atom stereocenters. The van der Waals surface area contributed by atoms with E-state index in [0.29, 0.717) is 43.9 Å². The van der Waals surface area contributed by atoms with Crippen molar-refractivity contribution in [1.82, 2.24) is 9.80 Å². The first kappa shape index (κ1) is 22.8. The Labute approximate surface area is 184 Å². The number of benzene rings is 2. The molecule has 2 saturated heterocycles. The second kappa shape index (κ2) is 8.17. The first-order valence-corrected chi connectivity index (χ1v) is 12.0. The van der Waals surface area contributed by atoms with Gasteiger partial charge in [-0.05, 0) is 35.4 Å². The van der Waals surface area contributed by atoms with E-state index in [2.05, 4.69) is 4.90 Å². The molecule has 0 saturated carbocycles. The van der Waals surface area contributed by atoms with Crippen LogP contribution >= 0.6 is 0 Å². The molecule has 2 aromatic carbocycles. The van der Waals surface area contributed by atoms with Crippen LogP contribution in [0.5, 0.6) is 0 Å². The number of amides is 1. The number of alkyl halides is 3. The highest BCUT2D eigenvalue weighted by Gasteiger charge is 2.48. The highest BCUT2D eigenvalue weighted by atomic mass is 32.2. The maximum absolute atomic E-state index is 12.8. The zero-order valence-electron chi connectivity index (χ0n) is 17.2. The van der Waals surface area contributed by atoms with Gasteiger partial charge in [-0.3, -0.25) is 9.69 Å². The third kappa shape index (κ3) is 4.82. The van der Waals surface area contributed by atoms with Gasteiger partial charge in [0.05, 0.1) is 17.1 Å². The SMILES string of the molecule is O=C(c1ccc(C2(O)CS(=O)(=O)C2)cc1)N1CCN(Cc2ccc(C(F)(F)F)cc2)CC1. The lowest BCUT2D eigenvalue weighted by Crippen LogP contribution is -2.52. The second-order valence-electron chi connectivity index (χ2n) is 8.40. The Balaban J connectivity index is 1.31. The number of rotatable bonds is 4. The van der Waals surface area contributed by atoms with Crippen molar-refractivity contribution in [2.45, 2.75) is 18.3 Å². The number of hydrogen-bond donors (Lipinski definition) is 1. The molecule has 0 spiro atoms. The number of carbonyl (C=O) groups is 1. The Bertz CT molecular complexity index is 1080. The van der Waals surface area contributed by atoms with E-state index in [0.717, 1.165) is 17.7 Å². The summed E-state index contributed by atoms with van der Waals surface area (Å²) in [5, 5.41) is 10.4. The number of hydrogen-bond acceptors (Lipinski definition) is 5. The van der Waals surface area contributed by atoms with Crippen molar-refractivity contribution in [3.63, 3.8) is 0 Å². The van der Waals surface area contributed by atoms with E-state index in [9.17, 15) is 31.5 Å². The van der Waals surface area contributed by atoms with Crippen LogP contribution in [0.1, 0.15) is 27.0 Å². The van der Waals surface area contributed by atoms with Gasteiger partial charge < -0.3 is 10.0 Å². The molecule has 2 aromatic rings. The normalized spacial score (nSPS) is 20.6. The molecule has 0 bridgehead atoms. The largest absolute Gasteiger partial charge is 0.416 e. The van der Waals surface area contributed by atoms with Gasteiger partial charge in [-0.25, -0.2) is 8.42 Å². The van der Waals surface area contributed by atoms with Crippen LogP contribution in [-0.2, 0) is 28.2 Å². The minimum atomic E-state index is -4.35. The highest BCUT2D eigenvalue weighted by molar-refractivity contribution is 7.92. The summed E-state index contributed by atoms with van der Waals surface area (Å²) in [7, 11) is -3.20. The van der Waals surface area contributed by atoms with Crippen LogP contribution in [0, 0.1) is 0 Å². The topological polar surface area (TPSA) is 77.9 Å². The molecule has 0 aromatic heterocycles. The van der Waals surface area contributed by atoms with Crippen LogP contribution in [-0.4, -0.2) is 66.9 Å². The predicted octanol–water partition coefficient (Wildman–Crippen LogP) is 2.28. The lowest BCUT2D eigenvalue weighted by molar-refractivity contribution is -0.137. The summed E-state index contributed by atoms with van der Waals surface area (Å²) in [6.45, 7) is 2.69. The highest BCUT2D eigenvalue weighted by Crippen LogP contribution is 2.34. The fourth-order valence-electron chi connectivity index (χ4n) is 4.12. The molecule has 4 rings (SSSR count). The van der Waals surface area contributed by atoms with Crippen LogP contribution < -0.4 is 0 Å². The number of piperazine rings is 1. The average Bonchev–Trinajstić information content (AvgIpc) is 2.72. The van der Waals surface area contributed by atoms with Gasteiger partial charge in [0.2, 0.25) is 0 Å². The molecule has 2 heterocycles. The van der Waals surface area contributed by atoms with E-state index in [4.69, 9.17) is 0 Å². The molecule has 2 fully saturated rings. The van der Waals surface area contributed by atoms with Crippen LogP contribution in [0.2, 0.25) is 0 Å². The van der Waals surface area contributed by atoms with Gasteiger partial charge in [-0.1, -0.05) is 24.3 Å². The molecule has 0 unspecified atom stereocenters. The monoisotopic (exact) mass is 468 g/mol. The Morgan fingerprint density at radius 3 is 2.00 bits per heavy atom. The summed E-state index contributed by atoms with van der Waals surface area (Å²) >= 11 is 0. The van der Waals surface area contributed by atoms with E-state index in [1.54, 1.807) is 29.2 Å². The summed E-state index contributed by atoms with van der Waals surface area (Å²) < 4.78 is 60.8. The summed E-state index contributed by atoms with van der Waals surface area (Å²) in [4.78, 5) is 16.6. The lowest BCUT2D eigenvalue weighted by Gasteiger charge is -2.36. The molecule has 1 N–H and O–H groups in total. The second-order valence-corrected chi connectivity index (χ2v) is 10.5. The number of halogens is 3. The molecule has 6 nitrogen and oxygen atoms in total. The molecule has 2 aliphatic heterocycles. The van der Waals surface area contributed by atoms with Crippen LogP contribution in [0.3, 0.4) is 0 Å². The van der Waals surface area contributed by atoms with Gasteiger partial charge in [0.15, 0.2) is 9.84 Å². The maximum Gasteiger partial charge on any atom is 0.416 e. The van der Waals surface area contributed by atoms with Crippen LogP contribution in [0.4, 0.5) is 13.2 Å². The third-order valence-electron chi connectivity index (χ3n) is 5.93. The van der Waals surface area contributed by atoms with E-state index >= 15 is 0 Å². The third-order valence-corrected chi connectivity index (χ3v) is 7.77. The molecule has 1 amide bonds. The van der Waals surface area contributed by atoms with Crippen molar-refractivity contribution in [1.29, 1.82) is 0 Å². The van der Waals surface area contributed by atoms with E-state index < -0.39 is 27.2 Å². The number of sulfone groups is 1. The molecule has 0 aliphatic carbocycles. The van der Waals surface area contributed by atoms with Gasteiger partial charge in [0.25, 0.3) is 5.91 Å². The molecule has 2 aliphatic rings. The van der Waals surface area contributed by atoms with Crippen molar-refractivity contribution in [3.05, 3.63) is 70.8 Å². The number of aliphatic hydroxyl groups is 1. The van der Waals surface area contributed by atoms with Crippen molar-refractivity contribution in [2.24, 2.45) is 0 Å². The lowest BCUT2D eigenvalue weighted by atomic mass is 9.96. The van der Waals surface area contributed by atoms with E-state index in [1.165, 1.54) is 12.1 Å². The molecule has 0 radical (unpaired) electrons. The Hall–Kier alpha value is -2.43. The molecule has 172 valence electrons. The van der Waals surface area contributed by atoms with Gasteiger partial charge in [0.1, 0.15) is 5.60 Å². The van der Waals surface area contributed by atoms with Gasteiger partial charge in [-0.15, -0.1) is 0 Å². The van der Waals surface area contributed by atoms with Crippen molar-refractivity contribution in [2.75, 3.05) is 37.7 Å². The van der Waals surface area contributed by atoms with E-state index in [1.807, 2.05) is 0 Å². The molecule has 10 heteroatoms. The summed E-state index contributed by atoms with van der Waals surface area (Å²) in [6.07, 6.45) is -4.35. The maximum atomic E-state index is 12.8. The molecular formula is C22H23F3N2O4S. The molecular weight excluding hydrogens is 445 g/mol. The zero-order chi connectivity index (χ0) is 23.1. The van der Waals surface area contributed by atoms with Gasteiger partial charge in [-0.2, -0.15) is 13.2 Å². The predicted molar refractivity (Wildman–Crippen MR) is 112 cm³/mol. The fraction of sp³-hybridized carbons (Fsp3) is 0.409. The average molecular weight is 468 g/mol.